The zero-order chi connectivity index (χ0) is 20.2. The van der Waals surface area contributed by atoms with Crippen LogP contribution in [0.15, 0.2) is 60.0 Å². The Hall–Kier alpha value is -2.67. The fourth-order valence-corrected chi connectivity index (χ4v) is 4.80. The molecule has 0 radical (unpaired) electrons. The smallest absolute Gasteiger partial charge is 0.233 e. The van der Waals surface area contributed by atoms with Crippen LogP contribution in [0.4, 0.5) is 0 Å². The summed E-state index contributed by atoms with van der Waals surface area (Å²) in [4.78, 5) is 18.9. The number of pyridine rings is 1. The van der Waals surface area contributed by atoms with Crippen molar-refractivity contribution in [1.29, 1.82) is 0 Å². The molecule has 2 aromatic heterocycles. The Morgan fingerprint density at radius 2 is 1.72 bits per heavy atom. The van der Waals surface area contributed by atoms with Crippen molar-refractivity contribution >= 4 is 17.7 Å². The molecule has 6 nitrogen and oxygen atoms in total. The number of likely N-dealkylation sites (tertiary alicyclic amines) is 1. The minimum atomic E-state index is 0.168. The van der Waals surface area contributed by atoms with Crippen molar-refractivity contribution in [3.8, 4) is 17.1 Å². The van der Waals surface area contributed by atoms with Crippen LogP contribution >= 0.6 is 11.8 Å². The van der Waals surface area contributed by atoms with Gasteiger partial charge in [-0.2, -0.15) is 0 Å². The van der Waals surface area contributed by atoms with Crippen LogP contribution in [0, 0.1) is 11.8 Å². The van der Waals surface area contributed by atoms with E-state index in [1.165, 1.54) is 18.2 Å². The van der Waals surface area contributed by atoms with Crippen molar-refractivity contribution in [1.82, 2.24) is 24.6 Å². The van der Waals surface area contributed by atoms with Gasteiger partial charge in [-0.15, -0.1) is 10.2 Å². The average molecular weight is 408 g/mol. The molecular formula is C22H25N5OS. The summed E-state index contributed by atoms with van der Waals surface area (Å²) in [6.07, 6.45) is 4.68. The van der Waals surface area contributed by atoms with Crippen LogP contribution in [0.1, 0.15) is 20.3 Å². The first-order chi connectivity index (χ1) is 14.1. The highest BCUT2D eigenvalue weighted by atomic mass is 32.2. The number of piperidine rings is 1. The molecule has 3 aromatic rings. The van der Waals surface area contributed by atoms with Crippen molar-refractivity contribution in [2.45, 2.75) is 25.4 Å². The van der Waals surface area contributed by atoms with Gasteiger partial charge in [0.2, 0.25) is 5.91 Å². The molecule has 1 fully saturated rings. The van der Waals surface area contributed by atoms with Crippen molar-refractivity contribution < 1.29 is 4.79 Å². The van der Waals surface area contributed by atoms with Crippen LogP contribution in [0.3, 0.4) is 0 Å². The van der Waals surface area contributed by atoms with E-state index in [0.717, 1.165) is 35.3 Å². The number of carbonyl (C=O) groups excluding carboxylic acids is 1. The predicted molar refractivity (Wildman–Crippen MR) is 115 cm³/mol. The topological polar surface area (TPSA) is 63.9 Å². The molecule has 0 saturated carbocycles. The van der Waals surface area contributed by atoms with Gasteiger partial charge in [-0.05, 0) is 42.5 Å². The van der Waals surface area contributed by atoms with Gasteiger partial charge in [0.25, 0.3) is 0 Å². The Labute approximate surface area is 175 Å². The third-order valence-electron chi connectivity index (χ3n) is 5.13. The molecule has 1 amide bonds. The average Bonchev–Trinajstić information content (AvgIpc) is 3.16. The molecule has 3 heterocycles. The second-order valence-corrected chi connectivity index (χ2v) is 8.69. The van der Waals surface area contributed by atoms with E-state index in [4.69, 9.17) is 0 Å². The summed E-state index contributed by atoms with van der Waals surface area (Å²) in [5.41, 5.74) is 1.91. The third kappa shape index (κ3) is 4.50. The number of rotatable bonds is 5. The molecule has 1 aliphatic heterocycles. The molecule has 1 saturated heterocycles. The van der Waals surface area contributed by atoms with Crippen LogP contribution < -0.4 is 0 Å². The monoisotopic (exact) mass is 407 g/mol. The summed E-state index contributed by atoms with van der Waals surface area (Å²) in [6.45, 7) is 6.13. The number of nitrogens with zero attached hydrogens (tertiary/aromatic N) is 5. The summed E-state index contributed by atoms with van der Waals surface area (Å²) in [5, 5.41) is 9.53. The first kappa shape index (κ1) is 19.6. The van der Waals surface area contributed by atoms with E-state index >= 15 is 0 Å². The number of amides is 1. The zero-order valence-electron chi connectivity index (χ0n) is 16.7. The van der Waals surface area contributed by atoms with E-state index in [-0.39, 0.29) is 5.91 Å². The Bertz CT molecular complexity index is 950. The van der Waals surface area contributed by atoms with Gasteiger partial charge < -0.3 is 4.90 Å². The van der Waals surface area contributed by atoms with Crippen LogP contribution in [-0.4, -0.2) is 49.4 Å². The van der Waals surface area contributed by atoms with Crippen LogP contribution in [-0.2, 0) is 4.79 Å². The molecule has 0 spiro atoms. The fourth-order valence-electron chi connectivity index (χ4n) is 3.95. The van der Waals surface area contributed by atoms with Gasteiger partial charge in [0.15, 0.2) is 11.0 Å². The zero-order valence-corrected chi connectivity index (χ0v) is 17.5. The molecule has 1 aromatic carbocycles. The van der Waals surface area contributed by atoms with Gasteiger partial charge >= 0.3 is 0 Å². The third-order valence-corrected chi connectivity index (χ3v) is 6.05. The molecule has 2 atom stereocenters. The first-order valence-electron chi connectivity index (χ1n) is 9.93. The fraction of sp³-hybridized carbons (Fsp3) is 0.364. The maximum absolute atomic E-state index is 12.8. The van der Waals surface area contributed by atoms with E-state index in [2.05, 4.69) is 29.0 Å². The minimum Gasteiger partial charge on any atom is -0.341 e. The number of benzene rings is 1. The maximum atomic E-state index is 12.8. The van der Waals surface area contributed by atoms with Gasteiger partial charge in [-0.25, -0.2) is 0 Å². The molecule has 0 aliphatic carbocycles. The number of thioether (sulfide) groups is 1. The lowest BCUT2D eigenvalue weighted by Gasteiger charge is -2.34. The summed E-state index contributed by atoms with van der Waals surface area (Å²) in [7, 11) is 0. The highest BCUT2D eigenvalue weighted by Crippen LogP contribution is 2.28. The molecular weight excluding hydrogens is 382 g/mol. The molecule has 1 aliphatic rings. The second kappa shape index (κ2) is 8.78. The van der Waals surface area contributed by atoms with E-state index in [0.29, 0.717) is 17.6 Å². The summed E-state index contributed by atoms with van der Waals surface area (Å²) >= 11 is 1.44. The second-order valence-electron chi connectivity index (χ2n) is 7.75. The Balaban J connectivity index is 1.58. The largest absolute Gasteiger partial charge is 0.341 e. The highest BCUT2D eigenvalue weighted by molar-refractivity contribution is 7.99. The highest BCUT2D eigenvalue weighted by Gasteiger charge is 2.26. The van der Waals surface area contributed by atoms with Gasteiger partial charge in [0.1, 0.15) is 0 Å². The molecule has 4 rings (SSSR count). The summed E-state index contributed by atoms with van der Waals surface area (Å²) in [6, 6.07) is 13.8. The van der Waals surface area contributed by atoms with Gasteiger partial charge in [-0.3, -0.25) is 14.3 Å². The van der Waals surface area contributed by atoms with Gasteiger partial charge in [0, 0.05) is 36.7 Å². The van der Waals surface area contributed by atoms with E-state index in [9.17, 15) is 4.79 Å². The minimum absolute atomic E-state index is 0.168. The normalized spacial score (nSPS) is 19.3. The number of hydrogen-bond acceptors (Lipinski definition) is 5. The number of para-hydroxylation sites is 1. The van der Waals surface area contributed by atoms with Crippen LogP contribution in [0.5, 0.6) is 0 Å². The molecule has 150 valence electrons. The number of hydrogen-bond donors (Lipinski definition) is 0. The SMILES string of the molecule is CC1CC(C)CN(C(=O)CSc2nnc(-c3ccncc3)n2-c2ccccc2)C1. The van der Waals surface area contributed by atoms with Gasteiger partial charge in [0.05, 0.1) is 5.75 Å². The lowest BCUT2D eigenvalue weighted by Crippen LogP contribution is -2.43. The quantitative estimate of drug-likeness (QED) is 0.600. The van der Waals surface area contributed by atoms with Crippen LogP contribution in [0.25, 0.3) is 17.1 Å². The van der Waals surface area contributed by atoms with Crippen molar-refractivity contribution in [3.63, 3.8) is 0 Å². The lowest BCUT2D eigenvalue weighted by molar-refractivity contribution is -0.130. The molecule has 7 heteroatoms. The van der Waals surface area contributed by atoms with Crippen molar-refractivity contribution in [3.05, 3.63) is 54.9 Å². The molecule has 29 heavy (non-hydrogen) atoms. The Kier molecular flexibility index (Phi) is 5.94. The van der Waals surface area contributed by atoms with E-state index in [1.807, 2.05) is 51.9 Å². The van der Waals surface area contributed by atoms with Gasteiger partial charge in [-0.1, -0.05) is 43.8 Å². The maximum Gasteiger partial charge on any atom is 0.233 e. The number of carbonyl (C=O) groups is 1. The lowest BCUT2D eigenvalue weighted by atomic mass is 9.92. The number of aromatic nitrogens is 4. The van der Waals surface area contributed by atoms with Crippen molar-refractivity contribution in [2.24, 2.45) is 11.8 Å². The van der Waals surface area contributed by atoms with E-state index < -0.39 is 0 Å². The van der Waals surface area contributed by atoms with E-state index in [1.54, 1.807) is 12.4 Å². The summed E-state index contributed by atoms with van der Waals surface area (Å²) in [5.74, 6) is 2.38. The summed E-state index contributed by atoms with van der Waals surface area (Å²) < 4.78 is 2.01. The Morgan fingerprint density at radius 3 is 2.41 bits per heavy atom. The first-order valence-corrected chi connectivity index (χ1v) is 10.9. The molecule has 0 bridgehead atoms. The standard InChI is InChI=1S/C22H25N5OS/c1-16-12-17(2)14-26(13-16)20(28)15-29-22-25-24-21(18-8-10-23-11-9-18)27(22)19-6-4-3-5-7-19/h3-11,16-17H,12-15H2,1-2H3. The molecule has 0 N–H and O–H groups in total. The Morgan fingerprint density at radius 1 is 1.03 bits per heavy atom. The van der Waals surface area contributed by atoms with Crippen LogP contribution in [0.2, 0.25) is 0 Å². The predicted octanol–water partition coefficient (Wildman–Crippen LogP) is 3.93. The molecule has 2 unspecified atom stereocenters. The van der Waals surface area contributed by atoms with Crippen molar-refractivity contribution in [2.75, 3.05) is 18.8 Å².